The summed E-state index contributed by atoms with van der Waals surface area (Å²) < 4.78 is 11.3. The fraction of sp³-hybridized carbons (Fsp3) is 0.444. The Labute approximate surface area is 204 Å². The van der Waals surface area contributed by atoms with Crippen LogP contribution in [0, 0.1) is 5.92 Å². The van der Waals surface area contributed by atoms with Gasteiger partial charge in [-0.2, -0.15) is 0 Å². The van der Waals surface area contributed by atoms with Crippen molar-refractivity contribution in [2.75, 3.05) is 26.8 Å². The molecule has 35 heavy (non-hydrogen) atoms. The Kier molecular flexibility index (Phi) is 6.23. The Morgan fingerprint density at radius 3 is 2.29 bits per heavy atom. The van der Waals surface area contributed by atoms with Crippen LogP contribution in [0.15, 0.2) is 48.5 Å². The molecule has 3 aliphatic rings. The molecule has 2 amide bonds. The number of hydrogen-bond acceptors (Lipinski definition) is 5. The van der Waals surface area contributed by atoms with Crippen LogP contribution < -0.4 is 5.32 Å². The van der Waals surface area contributed by atoms with Crippen molar-refractivity contribution in [1.82, 2.24) is 10.2 Å². The van der Waals surface area contributed by atoms with Crippen LogP contribution >= 0.6 is 0 Å². The minimum absolute atomic E-state index is 0.0272. The van der Waals surface area contributed by atoms with E-state index in [-0.39, 0.29) is 30.9 Å². The van der Waals surface area contributed by atoms with E-state index in [1.165, 1.54) is 11.9 Å². The maximum Gasteiger partial charge on any atom is 0.407 e. The van der Waals surface area contributed by atoms with Gasteiger partial charge < -0.3 is 24.8 Å². The summed E-state index contributed by atoms with van der Waals surface area (Å²) >= 11 is 0. The topological polar surface area (TPSA) is 105 Å². The number of carbonyl (C=O) groups is 3. The predicted octanol–water partition coefficient (Wildman–Crippen LogP) is 3.40. The first-order valence-corrected chi connectivity index (χ1v) is 12.1. The zero-order valence-electron chi connectivity index (χ0n) is 19.7. The van der Waals surface area contributed by atoms with Crippen LogP contribution in [0.4, 0.5) is 4.79 Å². The summed E-state index contributed by atoms with van der Waals surface area (Å²) in [4.78, 5) is 38.7. The lowest BCUT2D eigenvalue weighted by Gasteiger charge is -2.45. The predicted molar refractivity (Wildman–Crippen MR) is 128 cm³/mol. The Morgan fingerprint density at radius 2 is 1.71 bits per heavy atom. The van der Waals surface area contributed by atoms with E-state index in [0.717, 1.165) is 28.7 Å². The van der Waals surface area contributed by atoms with Gasteiger partial charge in [0.1, 0.15) is 18.2 Å². The van der Waals surface area contributed by atoms with E-state index in [1.54, 1.807) is 0 Å². The van der Waals surface area contributed by atoms with E-state index in [4.69, 9.17) is 9.47 Å². The van der Waals surface area contributed by atoms with Crippen molar-refractivity contribution in [2.45, 2.75) is 43.2 Å². The number of benzene rings is 2. The summed E-state index contributed by atoms with van der Waals surface area (Å²) in [6.45, 7) is 0.829. The van der Waals surface area contributed by atoms with E-state index in [2.05, 4.69) is 29.6 Å². The molecule has 0 bridgehead atoms. The Morgan fingerprint density at radius 1 is 1.09 bits per heavy atom. The summed E-state index contributed by atoms with van der Waals surface area (Å²) in [5.41, 5.74) is 3.46. The largest absolute Gasteiger partial charge is 0.479 e. The third-order valence-electron chi connectivity index (χ3n) is 7.86. The second kappa shape index (κ2) is 9.34. The number of fused-ring (bicyclic) bond motifs is 3. The quantitative estimate of drug-likeness (QED) is 0.632. The van der Waals surface area contributed by atoms with Gasteiger partial charge in [-0.05, 0) is 47.9 Å². The molecule has 184 valence electrons. The summed E-state index contributed by atoms with van der Waals surface area (Å²) in [6.07, 6.45) is 0.959. The first-order chi connectivity index (χ1) is 16.9. The molecule has 0 spiro atoms. The normalized spacial score (nSPS) is 22.0. The Hall–Kier alpha value is -3.39. The van der Waals surface area contributed by atoms with E-state index in [0.29, 0.717) is 25.9 Å². The number of carboxylic acids is 1. The number of ether oxygens (including phenoxy) is 2. The molecule has 1 heterocycles. The SMILES string of the molecule is CN(C(=O)[C@@H]1OCC[C@@H]1CNC(=O)OCC1c2ccccc2-c2ccccc21)C1(C(=O)O)CCC1. The maximum atomic E-state index is 13.1. The number of carbonyl (C=O) groups excluding carboxylic acids is 2. The maximum absolute atomic E-state index is 13.1. The molecule has 2 aromatic carbocycles. The first kappa shape index (κ1) is 23.4. The molecule has 5 rings (SSSR count). The highest BCUT2D eigenvalue weighted by Gasteiger charge is 2.52. The van der Waals surface area contributed by atoms with Gasteiger partial charge in [-0.15, -0.1) is 0 Å². The molecule has 0 aromatic heterocycles. The number of amides is 2. The summed E-state index contributed by atoms with van der Waals surface area (Å²) in [6, 6.07) is 16.3. The molecule has 1 aliphatic heterocycles. The van der Waals surface area contributed by atoms with Crippen LogP contribution in [0.5, 0.6) is 0 Å². The van der Waals surface area contributed by atoms with Crippen molar-refractivity contribution >= 4 is 18.0 Å². The minimum Gasteiger partial charge on any atom is -0.479 e. The van der Waals surface area contributed by atoms with Gasteiger partial charge in [0.05, 0.1) is 0 Å². The number of rotatable bonds is 7. The summed E-state index contributed by atoms with van der Waals surface area (Å²) in [7, 11) is 1.54. The molecule has 1 saturated carbocycles. The molecule has 2 N–H and O–H groups in total. The van der Waals surface area contributed by atoms with Crippen molar-refractivity contribution < 1.29 is 29.0 Å². The molecule has 1 saturated heterocycles. The van der Waals surface area contributed by atoms with Gasteiger partial charge in [0.2, 0.25) is 0 Å². The lowest BCUT2D eigenvalue weighted by Crippen LogP contribution is -2.62. The molecule has 8 heteroatoms. The molecule has 2 aromatic rings. The number of aliphatic carboxylic acids is 1. The van der Waals surface area contributed by atoms with E-state index in [1.807, 2.05) is 24.3 Å². The third kappa shape index (κ3) is 4.05. The number of hydrogen-bond donors (Lipinski definition) is 2. The molecule has 0 radical (unpaired) electrons. The molecule has 2 fully saturated rings. The van der Waals surface area contributed by atoms with E-state index < -0.39 is 23.7 Å². The molecule has 2 atom stereocenters. The average molecular weight is 479 g/mol. The highest BCUT2D eigenvalue weighted by Crippen LogP contribution is 2.44. The van der Waals surface area contributed by atoms with Crippen molar-refractivity contribution in [3.05, 3.63) is 59.7 Å². The van der Waals surface area contributed by atoms with Gasteiger partial charge >= 0.3 is 12.1 Å². The van der Waals surface area contributed by atoms with E-state index >= 15 is 0 Å². The number of likely N-dealkylation sites (N-methyl/N-ethyl adjacent to an activating group) is 1. The zero-order valence-corrected chi connectivity index (χ0v) is 19.7. The van der Waals surface area contributed by atoms with Crippen molar-refractivity contribution in [3.8, 4) is 11.1 Å². The van der Waals surface area contributed by atoms with Crippen molar-refractivity contribution in [2.24, 2.45) is 5.92 Å². The molecule has 0 unspecified atom stereocenters. The summed E-state index contributed by atoms with van der Waals surface area (Å²) in [5.74, 6) is -1.59. The fourth-order valence-electron chi connectivity index (χ4n) is 5.59. The second-order valence-corrected chi connectivity index (χ2v) is 9.63. The van der Waals surface area contributed by atoms with Gasteiger partial charge in [0.25, 0.3) is 5.91 Å². The smallest absolute Gasteiger partial charge is 0.407 e. The minimum atomic E-state index is -1.15. The van der Waals surface area contributed by atoms with E-state index in [9.17, 15) is 19.5 Å². The van der Waals surface area contributed by atoms with Gasteiger partial charge in [-0.1, -0.05) is 48.5 Å². The first-order valence-electron chi connectivity index (χ1n) is 12.1. The summed E-state index contributed by atoms with van der Waals surface area (Å²) in [5, 5.41) is 12.4. The van der Waals surface area contributed by atoms with Gasteiger partial charge in [0.15, 0.2) is 0 Å². The lowest BCUT2D eigenvalue weighted by molar-refractivity contribution is -0.168. The van der Waals surface area contributed by atoms with Crippen LogP contribution in [-0.4, -0.2) is 66.4 Å². The molecular formula is C27H30N2O6. The lowest BCUT2D eigenvalue weighted by atomic mass is 9.75. The highest BCUT2D eigenvalue weighted by molar-refractivity contribution is 5.90. The molecule has 2 aliphatic carbocycles. The molecular weight excluding hydrogens is 448 g/mol. The monoisotopic (exact) mass is 478 g/mol. The van der Waals surface area contributed by atoms with Crippen molar-refractivity contribution in [3.63, 3.8) is 0 Å². The fourth-order valence-corrected chi connectivity index (χ4v) is 5.59. The van der Waals surface area contributed by atoms with Crippen LogP contribution in [-0.2, 0) is 19.1 Å². The molecule has 8 nitrogen and oxygen atoms in total. The second-order valence-electron chi connectivity index (χ2n) is 9.63. The Balaban J connectivity index is 1.17. The van der Waals surface area contributed by atoms with Crippen LogP contribution in [0.25, 0.3) is 11.1 Å². The van der Waals surface area contributed by atoms with Gasteiger partial charge in [0, 0.05) is 32.0 Å². The van der Waals surface area contributed by atoms with Crippen molar-refractivity contribution in [1.29, 1.82) is 0 Å². The third-order valence-corrected chi connectivity index (χ3v) is 7.86. The highest BCUT2D eigenvalue weighted by atomic mass is 16.5. The van der Waals surface area contributed by atoms with Crippen LogP contribution in [0.2, 0.25) is 0 Å². The standard InChI is InChI=1S/C27H30N2O6/c1-29(27(25(31)32)12-6-13-27)24(30)23-17(11-14-34-23)15-28-26(33)35-16-22-20-9-4-2-7-18(20)19-8-3-5-10-21(19)22/h2-5,7-10,17,22-23H,6,11-16H2,1H3,(H,28,33)(H,31,32)/t17-,23-/m1/s1. The van der Waals surface area contributed by atoms with Crippen LogP contribution in [0.3, 0.4) is 0 Å². The van der Waals surface area contributed by atoms with Gasteiger partial charge in [-0.3, -0.25) is 4.79 Å². The zero-order chi connectivity index (χ0) is 24.6. The number of alkyl carbamates (subject to hydrolysis) is 1. The van der Waals surface area contributed by atoms with Gasteiger partial charge in [-0.25, -0.2) is 9.59 Å². The average Bonchev–Trinajstić information content (AvgIpc) is 3.42. The number of nitrogens with zero attached hydrogens (tertiary/aromatic N) is 1. The number of nitrogens with one attached hydrogen (secondary N) is 1. The number of carboxylic acid groups (broad SMARTS) is 1. The van der Waals surface area contributed by atoms with Crippen LogP contribution in [0.1, 0.15) is 42.7 Å². The Bertz CT molecular complexity index is 1100.